The molecule has 1 aliphatic rings. The topological polar surface area (TPSA) is 29.3 Å². The first-order valence-corrected chi connectivity index (χ1v) is 3.16. The monoisotopic (exact) mass is 164 g/mol. The van der Waals surface area contributed by atoms with E-state index in [1.54, 1.807) is 12.3 Å². The SMILES string of the molecule is NC1=C(Cl)C=CN(Cl)C1. The molecule has 0 atom stereocenters. The van der Waals surface area contributed by atoms with Crippen LogP contribution in [0.5, 0.6) is 0 Å². The molecular weight excluding hydrogens is 159 g/mol. The van der Waals surface area contributed by atoms with Gasteiger partial charge in [-0.25, -0.2) is 0 Å². The van der Waals surface area contributed by atoms with Crippen molar-refractivity contribution in [2.24, 2.45) is 5.73 Å². The molecule has 0 spiro atoms. The van der Waals surface area contributed by atoms with Gasteiger partial charge in [0.1, 0.15) is 0 Å². The van der Waals surface area contributed by atoms with Gasteiger partial charge in [0.15, 0.2) is 0 Å². The number of nitrogens with two attached hydrogens (primary N) is 1. The zero-order valence-electron chi connectivity index (χ0n) is 4.64. The maximum absolute atomic E-state index is 5.61. The Morgan fingerprint density at radius 1 is 1.67 bits per heavy atom. The number of hydrogen-bond acceptors (Lipinski definition) is 2. The zero-order chi connectivity index (χ0) is 6.85. The van der Waals surface area contributed by atoms with Crippen molar-refractivity contribution in [2.45, 2.75) is 0 Å². The Morgan fingerprint density at radius 3 is 2.78 bits per heavy atom. The fraction of sp³-hybridized carbons (Fsp3) is 0.200. The molecule has 0 saturated carbocycles. The van der Waals surface area contributed by atoms with Gasteiger partial charge in [0.05, 0.1) is 11.6 Å². The fourth-order valence-corrected chi connectivity index (χ4v) is 0.846. The summed E-state index contributed by atoms with van der Waals surface area (Å²) in [6.07, 6.45) is 3.33. The molecule has 0 fully saturated rings. The molecule has 1 rings (SSSR count). The summed E-state index contributed by atoms with van der Waals surface area (Å²) >= 11 is 11.2. The minimum Gasteiger partial charge on any atom is -0.399 e. The van der Waals surface area contributed by atoms with Crippen molar-refractivity contribution in [1.29, 1.82) is 0 Å². The molecule has 0 unspecified atom stereocenters. The fourth-order valence-electron chi connectivity index (χ4n) is 0.544. The molecule has 50 valence electrons. The zero-order valence-corrected chi connectivity index (χ0v) is 6.15. The Morgan fingerprint density at radius 2 is 2.33 bits per heavy atom. The van der Waals surface area contributed by atoms with Crippen LogP contribution in [0.2, 0.25) is 0 Å². The molecule has 1 aliphatic heterocycles. The third-order valence-electron chi connectivity index (χ3n) is 1.01. The van der Waals surface area contributed by atoms with Crippen molar-refractivity contribution in [1.82, 2.24) is 4.42 Å². The van der Waals surface area contributed by atoms with E-state index in [2.05, 4.69) is 0 Å². The van der Waals surface area contributed by atoms with E-state index in [1.165, 1.54) is 4.42 Å². The second-order valence-electron chi connectivity index (χ2n) is 1.75. The van der Waals surface area contributed by atoms with Gasteiger partial charge >= 0.3 is 0 Å². The Kier molecular flexibility index (Phi) is 1.88. The van der Waals surface area contributed by atoms with E-state index in [0.29, 0.717) is 17.3 Å². The maximum Gasteiger partial charge on any atom is 0.0752 e. The Labute approximate surface area is 63.6 Å². The summed E-state index contributed by atoms with van der Waals surface area (Å²) in [5.74, 6) is 0. The average molecular weight is 165 g/mol. The van der Waals surface area contributed by atoms with Crippen molar-refractivity contribution in [3.05, 3.63) is 23.0 Å². The summed E-state index contributed by atoms with van der Waals surface area (Å²) < 4.78 is 1.45. The van der Waals surface area contributed by atoms with Crippen LogP contribution in [0, 0.1) is 0 Å². The van der Waals surface area contributed by atoms with Crippen LogP contribution in [0.25, 0.3) is 0 Å². The highest BCUT2D eigenvalue weighted by molar-refractivity contribution is 6.31. The standard InChI is InChI=1S/C5H6Cl2N2/c6-4-1-2-9(7)3-5(4)8/h1-2H,3,8H2. The molecule has 0 amide bonds. The van der Waals surface area contributed by atoms with Crippen LogP contribution < -0.4 is 5.73 Å². The largest absolute Gasteiger partial charge is 0.399 e. The summed E-state index contributed by atoms with van der Waals surface area (Å²) in [6, 6.07) is 0. The van der Waals surface area contributed by atoms with Gasteiger partial charge in [-0.15, -0.1) is 0 Å². The molecule has 0 aromatic carbocycles. The second kappa shape index (κ2) is 2.50. The van der Waals surface area contributed by atoms with E-state index < -0.39 is 0 Å². The number of rotatable bonds is 0. The van der Waals surface area contributed by atoms with E-state index in [-0.39, 0.29) is 0 Å². The van der Waals surface area contributed by atoms with Crippen LogP contribution in [-0.2, 0) is 0 Å². The van der Waals surface area contributed by atoms with Crippen LogP contribution in [0.15, 0.2) is 23.0 Å². The predicted molar refractivity (Wildman–Crippen MR) is 38.8 cm³/mol. The van der Waals surface area contributed by atoms with Gasteiger partial charge in [-0.05, 0) is 6.08 Å². The third-order valence-corrected chi connectivity index (χ3v) is 1.61. The van der Waals surface area contributed by atoms with Gasteiger partial charge in [0, 0.05) is 23.7 Å². The van der Waals surface area contributed by atoms with Crippen LogP contribution >= 0.6 is 23.4 Å². The van der Waals surface area contributed by atoms with Gasteiger partial charge < -0.3 is 5.73 Å². The normalized spacial score (nSPS) is 19.1. The molecule has 2 N–H and O–H groups in total. The number of hydrogen-bond donors (Lipinski definition) is 1. The van der Waals surface area contributed by atoms with Crippen LogP contribution in [0.1, 0.15) is 0 Å². The molecule has 4 heteroatoms. The molecule has 0 aromatic heterocycles. The predicted octanol–water partition coefficient (Wildman–Crippen LogP) is 1.38. The lowest BCUT2D eigenvalue weighted by Crippen LogP contribution is -2.18. The van der Waals surface area contributed by atoms with Gasteiger partial charge in [-0.2, -0.15) is 0 Å². The van der Waals surface area contributed by atoms with Crippen molar-refractivity contribution in [3.8, 4) is 0 Å². The Balaban J connectivity index is 2.75. The lowest BCUT2D eigenvalue weighted by molar-refractivity contribution is 0.641. The summed E-state index contributed by atoms with van der Waals surface area (Å²) in [7, 11) is 0. The van der Waals surface area contributed by atoms with Gasteiger partial charge in [-0.3, -0.25) is 4.42 Å². The van der Waals surface area contributed by atoms with Crippen molar-refractivity contribution >= 4 is 23.4 Å². The van der Waals surface area contributed by atoms with Crippen molar-refractivity contribution in [2.75, 3.05) is 6.54 Å². The molecule has 0 saturated heterocycles. The Bertz CT molecular complexity index is 174. The summed E-state index contributed by atoms with van der Waals surface area (Å²) in [5, 5.41) is 0.576. The number of halogens is 2. The lowest BCUT2D eigenvalue weighted by Gasteiger charge is -2.15. The number of nitrogens with zero attached hydrogens (tertiary/aromatic N) is 1. The van der Waals surface area contributed by atoms with Gasteiger partial charge in [0.2, 0.25) is 0 Å². The maximum atomic E-state index is 5.61. The van der Waals surface area contributed by atoms with Crippen LogP contribution in [0.4, 0.5) is 0 Å². The van der Waals surface area contributed by atoms with Crippen molar-refractivity contribution in [3.63, 3.8) is 0 Å². The molecular formula is C5H6Cl2N2. The van der Waals surface area contributed by atoms with E-state index in [0.717, 1.165) is 0 Å². The van der Waals surface area contributed by atoms with Crippen molar-refractivity contribution < 1.29 is 0 Å². The summed E-state index contributed by atoms with van der Waals surface area (Å²) in [6.45, 7) is 0.497. The molecule has 1 heterocycles. The highest BCUT2D eigenvalue weighted by atomic mass is 35.5. The second-order valence-corrected chi connectivity index (χ2v) is 2.59. The highest BCUT2D eigenvalue weighted by Crippen LogP contribution is 2.15. The lowest BCUT2D eigenvalue weighted by atomic mass is 10.3. The molecule has 0 bridgehead atoms. The first-order valence-electron chi connectivity index (χ1n) is 2.45. The molecule has 0 aliphatic carbocycles. The van der Waals surface area contributed by atoms with E-state index >= 15 is 0 Å². The average Bonchev–Trinajstić information content (AvgIpc) is 1.80. The van der Waals surface area contributed by atoms with Gasteiger partial charge in [-0.1, -0.05) is 11.6 Å². The smallest absolute Gasteiger partial charge is 0.0752 e. The van der Waals surface area contributed by atoms with Gasteiger partial charge in [0.25, 0.3) is 0 Å². The van der Waals surface area contributed by atoms with E-state index in [1.807, 2.05) is 0 Å². The quantitative estimate of drug-likeness (QED) is 0.549. The molecule has 0 radical (unpaired) electrons. The summed E-state index contributed by atoms with van der Waals surface area (Å²) in [4.78, 5) is 0. The first kappa shape index (κ1) is 6.78. The van der Waals surface area contributed by atoms with E-state index in [4.69, 9.17) is 29.1 Å². The molecule has 2 nitrogen and oxygen atoms in total. The van der Waals surface area contributed by atoms with E-state index in [9.17, 15) is 0 Å². The highest BCUT2D eigenvalue weighted by Gasteiger charge is 2.05. The minimum atomic E-state index is 0.497. The Hall–Kier alpha value is -0.340. The van der Waals surface area contributed by atoms with Crippen LogP contribution in [-0.4, -0.2) is 11.0 Å². The first-order chi connectivity index (χ1) is 4.20. The number of allylic oxidation sites excluding steroid dienone is 2. The minimum absolute atomic E-state index is 0.497. The summed E-state index contributed by atoms with van der Waals surface area (Å²) in [5.41, 5.74) is 6.04. The molecule has 9 heavy (non-hydrogen) atoms. The molecule has 0 aromatic rings. The van der Waals surface area contributed by atoms with Crippen LogP contribution in [0.3, 0.4) is 0 Å². The third kappa shape index (κ3) is 1.53.